The predicted octanol–water partition coefficient (Wildman–Crippen LogP) is 1.33. The summed E-state index contributed by atoms with van der Waals surface area (Å²) in [6.45, 7) is 5.87. The Kier molecular flexibility index (Phi) is 3.55. The van der Waals surface area contributed by atoms with Crippen molar-refractivity contribution in [2.24, 2.45) is 0 Å². The summed E-state index contributed by atoms with van der Waals surface area (Å²) in [6.07, 6.45) is 5.66. The Balaban J connectivity index is 2.56. The average molecular weight is 181 g/mol. The lowest BCUT2D eigenvalue weighted by Gasteiger charge is -2.21. The molecule has 0 amide bonds. The highest BCUT2D eigenvalue weighted by Crippen LogP contribution is 2.08. The van der Waals surface area contributed by atoms with E-state index >= 15 is 0 Å². The van der Waals surface area contributed by atoms with Crippen molar-refractivity contribution in [2.45, 2.75) is 13.8 Å². The third-order valence-electron chi connectivity index (χ3n) is 1.91. The highest BCUT2D eigenvalue weighted by molar-refractivity contribution is 5.89. The Morgan fingerprint density at radius 2 is 2.38 bits per heavy atom. The van der Waals surface area contributed by atoms with Gasteiger partial charge in [0.05, 0.1) is 12.2 Å². The largest absolute Gasteiger partial charge is 0.463 e. The normalized spacial score (nSPS) is 15.5. The number of allylic oxidation sites excluding steroid dienone is 2. The molecule has 0 fully saturated rings. The van der Waals surface area contributed by atoms with Crippen LogP contribution in [0.3, 0.4) is 0 Å². The first-order valence-electron chi connectivity index (χ1n) is 4.56. The predicted molar refractivity (Wildman–Crippen MR) is 51.1 cm³/mol. The van der Waals surface area contributed by atoms with Crippen molar-refractivity contribution in [1.29, 1.82) is 0 Å². The zero-order valence-electron chi connectivity index (χ0n) is 8.12. The van der Waals surface area contributed by atoms with E-state index in [1.54, 1.807) is 0 Å². The lowest BCUT2D eigenvalue weighted by Crippen LogP contribution is -2.25. The quantitative estimate of drug-likeness (QED) is 0.615. The number of carbonyl (C=O) groups is 1. The van der Waals surface area contributed by atoms with Gasteiger partial charge in [0.25, 0.3) is 0 Å². The topological polar surface area (TPSA) is 29.5 Å². The van der Waals surface area contributed by atoms with E-state index in [4.69, 9.17) is 4.74 Å². The van der Waals surface area contributed by atoms with Crippen LogP contribution in [0.4, 0.5) is 0 Å². The minimum Gasteiger partial charge on any atom is -0.463 e. The first-order chi connectivity index (χ1) is 6.27. The number of hydrogen-bond acceptors (Lipinski definition) is 3. The van der Waals surface area contributed by atoms with E-state index in [0.29, 0.717) is 13.2 Å². The molecule has 0 aromatic carbocycles. The monoisotopic (exact) mass is 181 g/mol. The fourth-order valence-corrected chi connectivity index (χ4v) is 1.18. The second-order valence-electron chi connectivity index (χ2n) is 2.82. The fraction of sp³-hybridized carbons (Fsp3) is 0.500. The van der Waals surface area contributed by atoms with E-state index in [1.165, 1.54) is 0 Å². The number of nitrogens with zero attached hydrogens (tertiary/aromatic N) is 1. The summed E-state index contributed by atoms with van der Waals surface area (Å²) in [4.78, 5) is 13.4. The van der Waals surface area contributed by atoms with Gasteiger partial charge in [-0.3, -0.25) is 0 Å². The van der Waals surface area contributed by atoms with E-state index in [0.717, 1.165) is 12.1 Å². The van der Waals surface area contributed by atoms with Crippen molar-refractivity contribution in [3.8, 4) is 0 Å². The molecule has 72 valence electrons. The second-order valence-corrected chi connectivity index (χ2v) is 2.82. The SMILES string of the molecule is CCOC(=O)C1=CC=CN(CC)C1. The summed E-state index contributed by atoms with van der Waals surface area (Å²) in [5.41, 5.74) is 0.728. The summed E-state index contributed by atoms with van der Waals surface area (Å²) >= 11 is 0. The molecule has 0 spiro atoms. The molecular formula is C10H15NO2. The summed E-state index contributed by atoms with van der Waals surface area (Å²) in [5.74, 6) is -0.203. The third-order valence-corrected chi connectivity index (χ3v) is 1.91. The van der Waals surface area contributed by atoms with Gasteiger partial charge in [0, 0.05) is 13.1 Å². The van der Waals surface area contributed by atoms with Gasteiger partial charge in [-0.15, -0.1) is 0 Å². The van der Waals surface area contributed by atoms with Crippen molar-refractivity contribution in [3.05, 3.63) is 23.9 Å². The van der Waals surface area contributed by atoms with Gasteiger partial charge in [-0.25, -0.2) is 4.79 Å². The Bertz CT molecular complexity index is 243. The van der Waals surface area contributed by atoms with Crippen LogP contribution in [0.5, 0.6) is 0 Å². The van der Waals surface area contributed by atoms with Crippen LogP contribution in [-0.4, -0.2) is 30.6 Å². The van der Waals surface area contributed by atoms with E-state index in [9.17, 15) is 4.79 Å². The number of esters is 1. The lowest BCUT2D eigenvalue weighted by atomic mass is 10.2. The molecule has 1 heterocycles. The Labute approximate surface area is 78.7 Å². The van der Waals surface area contributed by atoms with Crippen LogP contribution >= 0.6 is 0 Å². The molecule has 1 rings (SSSR count). The number of hydrogen-bond donors (Lipinski definition) is 0. The fourth-order valence-electron chi connectivity index (χ4n) is 1.18. The first kappa shape index (κ1) is 9.84. The Morgan fingerprint density at radius 3 is 3.00 bits per heavy atom. The molecule has 0 bridgehead atoms. The summed E-state index contributed by atoms with van der Waals surface area (Å²) in [5, 5.41) is 0. The van der Waals surface area contributed by atoms with E-state index in [2.05, 4.69) is 11.8 Å². The number of likely N-dealkylation sites (N-methyl/N-ethyl adjacent to an activating group) is 1. The van der Waals surface area contributed by atoms with Crippen molar-refractivity contribution in [1.82, 2.24) is 4.90 Å². The number of carbonyl (C=O) groups excluding carboxylic acids is 1. The van der Waals surface area contributed by atoms with Gasteiger partial charge in [-0.2, -0.15) is 0 Å². The maximum Gasteiger partial charge on any atom is 0.335 e. The zero-order chi connectivity index (χ0) is 9.68. The van der Waals surface area contributed by atoms with Crippen LogP contribution in [0.2, 0.25) is 0 Å². The number of rotatable bonds is 3. The lowest BCUT2D eigenvalue weighted by molar-refractivity contribution is -0.138. The van der Waals surface area contributed by atoms with E-state index in [1.807, 2.05) is 25.3 Å². The summed E-state index contributed by atoms with van der Waals surface area (Å²) < 4.78 is 4.91. The summed E-state index contributed by atoms with van der Waals surface area (Å²) in [6, 6.07) is 0. The zero-order valence-corrected chi connectivity index (χ0v) is 8.12. The highest BCUT2D eigenvalue weighted by Gasteiger charge is 2.13. The first-order valence-corrected chi connectivity index (χ1v) is 4.56. The van der Waals surface area contributed by atoms with Crippen molar-refractivity contribution in [2.75, 3.05) is 19.7 Å². The van der Waals surface area contributed by atoms with Crippen LogP contribution in [0.15, 0.2) is 23.9 Å². The molecule has 0 unspecified atom stereocenters. The molecule has 0 atom stereocenters. The molecule has 3 heteroatoms. The van der Waals surface area contributed by atoms with Gasteiger partial charge >= 0.3 is 5.97 Å². The summed E-state index contributed by atoms with van der Waals surface area (Å²) in [7, 11) is 0. The van der Waals surface area contributed by atoms with Crippen molar-refractivity contribution in [3.63, 3.8) is 0 Å². The van der Waals surface area contributed by atoms with Crippen LogP contribution < -0.4 is 0 Å². The number of ether oxygens (including phenoxy) is 1. The highest BCUT2D eigenvalue weighted by atomic mass is 16.5. The van der Waals surface area contributed by atoms with Crippen LogP contribution in [0.25, 0.3) is 0 Å². The maximum absolute atomic E-state index is 11.3. The standard InChI is InChI=1S/C10H15NO2/c1-3-11-7-5-6-9(8-11)10(12)13-4-2/h5-7H,3-4,8H2,1-2H3. The van der Waals surface area contributed by atoms with Crippen LogP contribution in [-0.2, 0) is 9.53 Å². The molecule has 0 saturated heterocycles. The molecule has 0 N–H and O–H groups in total. The van der Waals surface area contributed by atoms with E-state index < -0.39 is 0 Å². The Morgan fingerprint density at radius 1 is 1.62 bits per heavy atom. The van der Waals surface area contributed by atoms with Gasteiger partial charge < -0.3 is 9.64 Å². The van der Waals surface area contributed by atoms with Crippen LogP contribution in [0.1, 0.15) is 13.8 Å². The molecular weight excluding hydrogens is 166 g/mol. The van der Waals surface area contributed by atoms with Crippen LogP contribution in [0, 0.1) is 0 Å². The van der Waals surface area contributed by atoms with Crippen molar-refractivity contribution >= 4 is 5.97 Å². The van der Waals surface area contributed by atoms with Gasteiger partial charge in [0.2, 0.25) is 0 Å². The van der Waals surface area contributed by atoms with E-state index in [-0.39, 0.29) is 5.97 Å². The Hall–Kier alpha value is -1.25. The molecule has 3 nitrogen and oxygen atoms in total. The molecule has 0 radical (unpaired) electrons. The molecule has 1 aliphatic rings. The van der Waals surface area contributed by atoms with Gasteiger partial charge in [-0.05, 0) is 32.2 Å². The smallest absolute Gasteiger partial charge is 0.335 e. The molecule has 0 aromatic rings. The van der Waals surface area contributed by atoms with Gasteiger partial charge in [0.1, 0.15) is 0 Å². The average Bonchev–Trinajstić information content (AvgIpc) is 2.18. The molecule has 0 saturated carbocycles. The molecule has 1 aliphatic heterocycles. The third kappa shape index (κ3) is 2.61. The van der Waals surface area contributed by atoms with Crippen molar-refractivity contribution < 1.29 is 9.53 Å². The molecule has 0 aliphatic carbocycles. The maximum atomic E-state index is 11.3. The minimum absolute atomic E-state index is 0.203. The minimum atomic E-state index is -0.203. The molecule has 13 heavy (non-hydrogen) atoms. The van der Waals surface area contributed by atoms with Gasteiger partial charge in [-0.1, -0.05) is 0 Å². The second kappa shape index (κ2) is 4.70. The van der Waals surface area contributed by atoms with Gasteiger partial charge in [0.15, 0.2) is 0 Å². The molecule has 0 aromatic heterocycles.